The number of carbonyl (C=O) groups excluding carboxylic acids is 1. The third-order valence-corrected chi connectivity index (χ3v) is 2.40. The van der Waals surface area contributed by atoms with Crippen LogP contribution >= 0.6 is 0 Å². The molecule has 0 aliphatic carbocycles. The van der Waals surface area contributed by atoms with Crippen LogP contribution in [0.3, 0.4) is 0 Å². The molecule has 1 unspecified atom stereocenters. The first-order valence-corrected chi connectivity index (χ1v) is 4.74. The molecule has 15 heavy (non-hydrogen) atoms. The standard InChI is InChI=1S/C8H13N5O2/c1-5-7(2-9)11-12-13(5)4-6-3-10-8(14)15-6/h6H,2-4,9H2,1H3,(H,10,14). The summed E-state index contributed by atoms with van der Waals surface area (Å²) in [4.78, 5) is 10.8. The van der Waals surface area contributed by atoms with Gasteiger partial charge >= 0.3 is 6.09 Å². The van der Waals surface area contributed by atoms with Gasteiger partial charge in [0.05, 0.1) is 24.5 Å². The molecule has 0 radical (unpaired) electrons. The molecular weight excluding hydrogens is 198 g/mol. The third kappa shape index (κ3) is 1.91. The molecule has 1 aromatic rings. The highest BCUT2D eigenvalue weighted by molar-refractivity contribution is 5.69. The summed E-state index contributed by atoms with van der Waals surface area (Å²) in [7, 11) is 0. The Hall–Kier alpha value is -1.63. The van der Waals surface area contributed by atoms with Crippen LogP contribution in [0.5, 0.6) is 0 Å². The fourth-order valence-corrected chi connectivity index (χ4v) is 1.48. The molecule has 1 aliphatic rings. The van der Waals surface area contributed by atoms with Crippen molar-refractivity contribution in [3.05, 3.63) is 11.4 Å². The monoisotopic (exact) mass is 211 g/mol. The van der Waals surface area contributed by atoms with Crippen LogP contribution < -0.4 is 11.1 Å². The fourth-order valence-electron chi connectivity index (χ4n) is 1.48. The van der Waals surface area contributed by atoms with E-state index in [1.807, 2.05) is 6.92 Å². The molecule has 1 amide bonds. The van der Waals surface area contributed by atoms with Crippen LogP contribution in [-0.4, -0.2) is 33.7 Å². The summed E-state index contributed by atoms with van der Waals surface area (Å²) in [6.07, 6.45) is -0.555. The summed E-state index contributed by atoms with van der Waals surface area (Å²) in [6.45, 7) is 3.29. The van der Waals surface area contributed by atoms with E-state index in [9.17, 15) is 4.79 Å². The minimum Gasteiger partial charge on any atom is -0.442 e. The van der Waals surface area contributed by atoms with Gasteiger partial charge in [-0.25, -0.2) is 9.48 Å². The Morgan fingerprint density at radius 2 is 2.53 bits per heavy atom. The summed E-state index contributed by atoms with van der Waals surface area (Å²) in [5, 5.41) is 10.4. The van der Waals surface area contributed by atoms with E-state index in [4.69, 9.17) is 10.5 Å². The molecule has 2 heterocycles. The molecule has 0 bridgehead atoms. The first-order valence-electron chi connectivity index (χ1n) is 4.74. The Balaban J connectivity index is 2.04. The average molecular weight is 211 g/mol. The van der Waals surface area contributed by atoms with Crippen molar-refractivity contribution in [2.45, 2.75) is 26.1 Å². The van der Waals surface area contributed by atoms with Gasteiger partial charge in [0.2, 0.25) is 0 Å². The molecule has 1 saturated heterocycles. The number of nitrogens with zero attached hydrogens (tertiary/aromatic N) is 3. The predicted molar refractivity (Wildman–Crippen MR) is 50.9 cm³/mol. The number of nitrogens with one attached hydrogen (secondary N) is 1. The average Bonchev–Trinajstić information content (AvgIpc) is 2.76. The SMILES string of the molecule is Cc1c(CN)nnn1CC1CNC(=O)O1. The van der Waals surface area contributed by atoms with E-state index in [2.05, 4.69) is 15.6 Å². The lowest BCUT2D eigenvalue weighted by atomic mass is 10.3. The summed E-state index contributed by atoms with van der Waals surface area (Å²) in [6, 6.07) is 0. The van der Waals surface area contributed by atoms with Crippen molar-refractivity contribution in [2.75, 3.05) is 6.54 Å². The van der Waals surface area contributed by atoms with Crippen molar-refractivity contribution in [1.29, 1.82) is 0 Å². The zero-order valence-electron chi connectivity index (χ0n) is 8.43. The zero-order chi connectivity index (χ0) is 10.8. The van der Waals surface area contributed by atoms with Gasteiger partial charge in [-0.1, -0.05) is 5.21 Å². The number of rotatable bonds is 3. The van der Waals surface area contributed by atoms with Crippen LogP contribution in [-0.2, 0) is 17.8 Å². The van der Waals surface area contributed by atoms with Gasteiger partial charge in [0.25, 0.3) is 0 Å². The molecule has 0 spiro atoms. The summed E-state index contributed by atoms with van der Waals surface area (Å²) >= 11 is 0. The van der Waals surface area contributed by atoms with Gasteiger partial charge in [-0.3, -0.25) is 0 Å². The van der Waals surface area contributed by atoms with Crippen molar-refractivity contribution in [3.8, 4) is 0 Å². The lowest BCUT2D eigenvalue weighted by Gasteiger charge is -2.08. The highest BCUT2D eigenvalue weighted by Gasteiger charge is 2.24. The molecule has 7 nitrogen and oxygen atoms in total. The normalized spacial score (nSPS) is 20.1. The van der Waals surface area contributed by atoms with Crippen LogP contribution in [0.15, 0.2) is 0 Å². The van der Waals surface area contributed by atoms with E-state index >= 15 is 0 Å². The Morgan fingerprint density at radius 3 is 3.07 bits per heavy atom. The van der Waals surface area contributed by atoms with E-state index in [0.717, 1.165) is 11.4 Å². The van der Waals surface area contributed by atoms with Crippen molar-refractivity contribution < 1.29 is 9.53 Å². The number of alkyl carbamates (subject to hydrolysis) is 1. The Labute approximate surface area is 86.6 Å². The molecule has 82 valence electrons. The first kappa shape index (κ1) is 9.91. The second-order valence-electron chi connectivity index (χ2n) is 3.42. The van der Waals surface area contributed by atoms with Gasteiger partial charge in [-0.2, -0.15) is 0 Å². The molecule has 1 fully saturated rings. The van der Waals surface area contributed by atoms with Crippen LogP contribution in [0.4, 0.5) is 4.79 Å². The van der Waals surface area contributed by atoms with Crippen molar-refractivity contribution in [2.24, 2.45) is 5.73 Å². The Kier molecular flexibility index (Phi) is 2.55. The zero-order valence-corrected chi connectivity index (χ0v) is 8.43. The Morgan fingerprint density at radius 1 is 1.73 bits per heavy atom. The van der Waals surface area contributed by atoms with Crippen LogP contribution in [0.1, 0.15) is 11.4 Å². The second-order valence-corrected chi connectivity index (χ2v) is 3.42. The fraction of sp³-hybridized carbons (Fsp3) is 0.625. The summed E-state index contributed by atoms with van der Waals surface area (Å²) in [5.41, 5.74) is 7.17. The van der Waals surface area contributed by atoms with Gasteiger partial charge in [-0.15, -0.1) is 5.10 Å². The maximum absolute atomic E-state index is 10.8. The summed E-state index contributed by atoms with van der Waals surface area (Å²) < 4.78 is 6.69. The minimum atomic E-state index is -0.378. The number of carbonyl (C=O) groups is 1. The molecule has 1 aliphatic heterocycles. The van der Waals surface area contributed by atoms with Crippen molar-refractivity contribution in [3.63, 3.8) is 0 Å². The van der Waals surface area contributed by atoms with Crippen LogP contribution in [0, 0.1) is 6.92 Å². The van der Waals surface area contributed by atoms with Crippen molar-refractivity contribution in [1.82, 2.24) is 20.3 Å². The van der Waals surface area contributed by atoms with E-state index in [-0.39, 0.29) is 12.2 Å². The molecule has 0 saturated carbocycles. The van der Waals surface area contributed by atoms with E-state index in [1.54, 1.807) is 4.68 Å². The number of cyclic esters (lactones) is 1. The largest absolute Gasteiger partial charge is 0.442 e. The topological polar surface area (TPSA) is 95.1 Å². The van der Waals surface area contributed by atoms with Gasteiger partial charge < -0.3 is 15.8 Å². The second kappa shape index (κ2) is 3.85. The maximum Gasteiger partial charge on any atom is 0.407 e. The number of ether oxygens (including phenoxy) is 1. The number of nitrogens with two attached hydrogens (primary N) is 1. The summed E-state index contributed by atoms with van der Waals surface area (Å²) in [5.74, 6) is 0. The van der Waals surface area contributed by atoms with Crippen LogP contribution in [0.25, 0.3) is 0 Å². The van der Waals surface area contributed by atoms with Gasteiger partial charge in [0.15, 0.2) is 0 Å². The predicted octanol–water partition coefficient (Wildman–Crippen LogP) is -0.846. The molecule has 7 heteroatoms. The highest BCUT2D eigenvalue weighted by Crippen LogP contribution is 2.07. The van der Waals surface area contributed by atoms with Crippen LogP contribution in [0.2, 0.25) is 0 Å². The number of hydrogen-bond acceptors (Lipinski definition) is 5. The van der Waals surface area contributed by atoms with E-state index < -0.39 is 0 Å². The molecule has 0 aromatic carbocycles. The number of amides is 1. The number of hydrogen-bond donors (Lipinski definition) is 2. The Bertz CT molecular complexity index is 375. The van der Waals surface area contributed by atoms with Gasteiger partial charge in [-0.05, 0) is 6.92 Å². The van der Waals surface area contributed by atoms with Crippen molar-refractivity contribution >= 4 is 6.09 Å². The highest BCUT2D eigenvalue weighted by atomic mass is 16.6. The molecule has 3 N–H and O–H groups in total. The first-order chi connectivity index (χ1) is 7.20. The van der Waals surface area contributed by atoms with Gasteiger partial charge in [0, 0.05) is 6.54 Å². The smallest absolute Gasteiger partial charge is 0.407 e. The lowest BCUT2D eigenvalue weighted by molar-refractivity contribution is 0.128. The maximum atomic E-state index is 10.8. The third-order valence-electron chi connectivity index (χ3n) is 2.40. The molecule has 1 atom stereocenters. The molecular formula is C8H13N5O2. The lowest BCUT2D eigenvalue weighted by Crippen LogP contribution is -2.22. The molecule has 2 rings (SSSR count). The minimum absolute atomic E-state index is 0.177. The molecule has 1 aromatic heterocycles. The van der Waals surface area contributed by atoms with E-state index in [0.29, 0.717) is 19.6 Å². The number of aromatic nitrogens is 3. The van der Waals surface area contributed by atoms with Gasteiger partial charge in [0.1, 0.15) is 6.10 Å². The quantitative estimate of drug-likeness (QED) is 0.679. The van der Waals surface area contributed by atoms with E-state index in [1.165, 1.54) is 0 Å².